The van der Waals surface area contributed by atoms with Crippen molar-refractivity contribution in [2.24, 2.45) is 0 Å². The van der Waals surface area contributed by atoms with Crippen LogP contribution < -0.4 is 5.32 Å². The predicted octanol–water partition coefficient (Wildman–Crippen LogP) is 4.50. The lowest BCUT2D eigenvalue weighted by Crippen LogP contribution is -2.06. The first-order valence-corrected chi connectivity index (χ1v) is 6.32. The van der Waals surface area contributed by atoms with Gasteiger partial charge in [-0.2, -0.15) is 0 Å². The standard InChI is InChI=1S/C15H13ClFN/c1-9-3-2-4-10(5-9)14-7-11-6-12(16)8-13(17)15(11)18-14/h2-6,8,14,18H,7H2,1H3. The van der Waals surface area contributed by atoms with Crippen molar-refractivity contribution in [2.45, 2.75) is 19.4 Å². The van der Waals surface area contributed by atoms with Crippen molar-refractivity contribution >= 4 is 17.3 Å². The van der Waals surface area contributed by atoms with Crippen molar-refractivity contribution in [1.29, 1.82) is 0 Å². The van der Waals surface area contributed by atoms with Crippen molar-refractivity contribution in [2.75, 3.05) is 5.32 Å². The van der Waals surface area contributed by atoms with E-state index in [0.29, 0.717) is 10.7 Å². The Labute approximate surface area is 111 Å². The van der Waals surface area contributed by atoms with Crippen molar-refractivity contribution < 1.29 is 4.39 Å². The summed E-state index contributed by atoms with van der Waals surface area (Å²) in [7, 11) is 0. The Morgan fingerprint density at radius 2 is 2.11 bits per heavy atom. The maximum atomic E-state index is 13.8. The molecule has 3 heteroatoms. The minimum Gasteiger partial charge on any atom is -0.375 e. The lowest BCUT2D eigenvalue weighted by Gasteiger charge is -2.12. The normalized spacial score (nSPS) is 17.4. The van der Waals surface area contributed by atoms with Gasteiger partial charge in [-0.05, 0) is 36.6 Å². The van der Waals surface area contributed by atoms with E-state index in [1.54, 1.807) is 0 Å². The maximum absolute atomic E-state index is 13.8. The van der Waals surface area contributed by atoms with Gasteiger partial charge in [0, 0.05) is 5.02 Å². The molecular formula is C15H13ClFN. The van der Waals surface area contributed by atoms with Crippen LogP contribution in [-0.4, -0.2) is 0 Å². The highest BCUT2D eigenvalue weighted by molar-refractivity contribution is 6.30. The summed E-state index contributed by atoms with van der Waals surface area (Å²) in [6.07, 6.45) is 0.774. The summed E-state index contributed by atoms with van der Waals surface area (Å²) in [4.78, 5) is 0. The van der Waals surface area contributed by atoms with Crippen LogP contribution in [0.4, 0.5) is 10.1 Å². The molecule has 1 N–H and O–H groups in total. The first kappa shape index (κ1) is 11.5. The Hall–Kier alpha value is -1.54. The molecule has 0 aliphatic carbocycles. The van der Waals surface area contributed by atoms with E-state index in [1.165, 1.54) is 17.2 Å². The second-order valence-electron chi connectivity index (χ2n) is 4.74. The fourth-order valence-corrected chi connectivity index (χ4v) is 2.71. The number of anilines is 1. The van der Waals surface area contributed by atoms with Gasteiger partial charge in [-0.3, -0.25) is 0 Å². The highest BCUT2D eigenvalue weighted by atomic mass is 35.5. The lowest BCUT2D eigenvalue weighted by atomic mass is 10.0. The molecule has 1 heterocycles. The molecule has 0 aromatic heterocycles. The summed E-state index contributed by atoms with van der Waals surface area (Å²) >= 11 is 5.88. The lowest BCUT2D eigenvalue weighted by molar-refractivity contribution is 0.631. The van der Waals surface area contributed by atoms with Crippen LogP contribution in [0.1, 0.15) is 22.7 Å². The topological polar surface area (TPSA) is 12.0 Å². The fraction of sp³-hybridized carbons (Fsp3) is 0.200. The van der Waals surface area contributed by atoms with Crippen LogP contribution in [0.25, 0.3) is 0 Å². The van der Waals surface area contributed by atoms with Crippen LogP contribution in [0, 0.1) is 12.7 Å². The smallest absolute Gasteiger partial charge is 0.148 e. The van der Waals surface area contributed by atoms with Crippen LogP contribution in [0.15, 0.2) is 36.4 Å². The van der Waals surface area contributed by atoms with E-state index in [0.717, 1.165) is 12.0 Å². The number of fused-ring (bicyclic) bond motifs is 1. The second-order valence-corrected chi connectivity index (χ2v) is 5.17. The molecule has 1 unspecified atom stereocenters. The summed E-state index contributed by atoms with van der Waals surface area (Å²) in [5.41, 5.74) is 3.93. The van der Waals surface area contributed by atoms with Gasteiger partial charge in [-0.15, -0.1) is 0 Å². The molecule has 92 valence electrons. The molecular weight excluding hydrogens is 249 g/mol. The van der Waals surface area contributed by atoms with Crippen LogP contribution in [0.2, 0.25) is 5.02 Å². The van der Waals surface area contributed by atoms with E-state index in [2.05, 4.69) is 30.4 Å². The van der Waals surface area contributed by atoms with E-state index in [1.807, 2.05) is 12.1 Å². The molecule has 2 aromatic rings. The highest BCUT2D eigenvalue weighted by Crippen LogP contribution is 2.37. The average Bonchev–Trinajstić information content (AvgIpc) is 2.73. The van der Waals surface area contributed by atoms with E-state index >= 15 is 0 Å². The molecule has 0 amide bonds. The Morgan fingerprint density at radius 1 is 1.28 bits per heavy atom. The highest BCUT2D eigenvalue weighted by Gasteiger charge is 2.25. The quantitative estimate of drug-likeness (QED) is 0.797. The zero-order valence-electron chi connectivity index (χ0n) is 10.0. The molecule has 2 aromatic carbocycles. The van der Waals surface area contributed by atoms with Crippen LogP contribution in [0.3, 0.4) is 0 Å². The summed E-state index contributed by atoms with van der Waals surface area (Å²) in [6, 6.07) is 11.6. The Kier molecular flexibility index (Phi) is 2.75. The molecule has 0 radical (unpaired) electrons. The van der Waals surface area contributed by atoms with E-state index < -0.39 is 0 Å². The number of halogens is 2. The van der Waals surface area contributed by atoms with Gasteiger partial charge in [0.25, 0.3) is 0 Å². The van der Waals surface area contributed by atoms with Gasteiger partial charge in [0.15, 0.2) is 0 Å². The second kappa shape index (κ2) is 4.29. The fourth-order valence-electron chi connectivity index (χ4n) is 2.48. The minimum atomic E-state index is -0.271. The van der Waals surface area contributed by atoms with Gasteiger partial charge in [0.2, 0.25) is 0 Å². The maximum Gasteiger partial charge on any atom is 0.148 e. The Morgan fingerprint density at radius 3 is 2.89 bits per heavy atom. The van der Waals surface area contributed by atoms with Crippen molar-refractivity contribution in [3.8, 4) is 0 Å². The number of hydrogen-bond acceptors (Lipinski definition) is 1. The van der Waals surface area contributed by atoms with E-state index in [4.69, 9.17) is 11.6 Å². The third kappa shape index (κ3) is 1.97. The number of aryl methyl sites for hydroxylation is 1. The minimum absolute atomic E-state index is 0.132. The van der Waals surface area contributed by atoms with Gasteiger partial charge in [0.05, 0.1) is 11.7 Å². The van der Waals surface area contributed by atoms with Crippen LogP contribution in [0.5, 0.6) is 0 Å². The van der Waals surface area contributed by atoms with Gasteiger partial charge in [0.1, 0.15) is 5.82 Å². The first-order chi connectivity index (χ1) is 8.63. The van der Waals surface area contributed by atoms with Crippen molar-refractivity contribution in [3.05, 3.63) is 63.9 Å². The van der Waals surface area contributed by atoms with E-state index in [-0.39, 0.29) is 11.9 Å². The number of hydrogen-bond donors (Lipinski definition) is 1. The summed E-state index contributed by atoms with van der Waals surface area (Å²) in [6.45, 7) is 2.06. The van der Waals surface area contributed by atoms with E-state index in [9.17, 15) is 4.39 Å². The third-order valence-electron chi connectivity index (χ3n) is 3.32. The summed E-state index contributed by atoms with van der Waals surface area (Å²) < 4.78 is 13.8. The monoisotopic (exact) mass is 261 g/mol. The van der Waals surface area contributed by atoms with Gasteiger partial charge >= 0.3 is 0 Å². The van der Waals surface area contributed by atoms with Gasteiger partial charge in [-0.1, -0.05) is 41.4 Å². The Balaban J connectivity index is 1.96. The number of nitrogens with one attached hydrogen (secondary N) is 1. The largest absolute Gasteiger partial charge is 0.375 e. The van der Waals surface area contributed by atoms with Crippen LogP contribution in [-0.2, 0) is 6.42 Å². The molecule has 18 heavy (non-hydrogen) atoms. The molecule has 1 aliphatic rings. The molecule has 0 bridgehead atoms. The molecule has 0 saturated carbocycles. The van der Waals surface area contributed by atoms with Gasteiger partial charge in [-0.25, -0.2) is 4.39 Å². The molecule has 1 atom stereocenters. The molecule has 0 spiro atoms. The third-order valence-corrected chi connectivity index (χ3v) is 3.54. The first-order valence-electron chi connectivity index (χ1n) is 5.94. The Bertz CT molecular complexity index is 609. The van der Waals surface area contributed by atoms with Crippen molar-refractivity contribution in [3.63, 3.8) is 0 Å². The SMILES string of the molecule is Cc1cccc(C2Cc3cc(Cl)cc(F)c3N2)c1. The van der Waals surface area contributed by atoms with Gasteiger partial charge < -0.3 is 5.32 Å². The summed E-state index contributed by atoms with van der Waals surface area (Å²) in [5.74, 6) is -0.271. The number of benzene rings is 2. The number of rotatable bonds is 1. The molecule has 1 nitrogen and oxygen atoms in total. The molecule has 0 saturated heterocycles. The molecule has 0 fully saturated rings. The summed E-state index contributed by atoms with van der Waals surface area (Å²) in [5, 5.41) is 3.70. The predicted molar refractivity (Wildman–Crippen MR) is 72.7 cm³/mol. The average molecular weight is 262 g/mol. The zero-order chi connectivity index (χ0) is 12.7. The van der Waals surface area contributed by atoms with Crippen molar-refractivity contribution in [1.82, 2.24) is 0 Å². The zero-order valence-corrected chi connectivity index (χ0v) is 10.8. The van der Waals surface area contributed by atoms with Crippen LogP contribution >= 0.6 is 11.6 Å². The molecule has 1 aliphatic heterocycles. The molecule has 3 rings (SSSR count).